The molecule has 2 fully saturated rings. The van der Waals surface area contributed by atoms with E-state index < -0.39 is 0 Å². The lowest BCUT2D eigenvalue weighted by Crippen LogP contribution is -2.40. The molecule has 4 heteroatoms. The first-order valence-electron chi connectivity index (χ1n) is 10.0. The van der Waals surface area contributed by atoms with Crippen LogP contribution >= 0.6 is 0 Å². The van der Waals surface area contributed by atoms with Crippen LogP contribution in [0.2, 0.25) is 0 Å². The van der Waals surface area contributed by atoms with Crippen molar-refractivity contribution in [1.29, 1.82) is 0 Å². The molecule has 0 heterocycles. The van der Waals surface area contributed by atoms with Crippen LogP contribution in [0.15, 0.2) is 54.6 Å². The Bertz CT molecular complexity index is 760. The SMILES string of the molecule is NCC1CCCC1NC(=O)C1CC1c1ccc(OCc2ccccc2)cc1. The quantitative estimate of drug-likeness (QED) is 0.789. The number of nitrogens with two attached hydrogens (primary N) is 1. The van der Waals surface area contributed by atoms with Gasteiger partial charge in [0.25, 0.3) is 0 Å². The lowest BCUT2D eigenvalue weighted by atomic mass is 10.0. The molecule has 1 amide bonds. The number of amides is 1. The molecule has 142 valence electrons. The number of carbonyl (C=O) groups is 1. The normalized spacial score (nSPS) is 26.6. The monoisotopic (exact) mass is 364 g/mol. The predicted octanol–water partition coefficient (Wildman–Crippen LogP) is 3.61. The van der Waals surface area contributed by atoms with Crippen LogP contribution in [-0.4, -0.2) is 18.5 Å². The standard InChI is InChI=1S/C23H28N2O2/c24-14-18-7-4-8-22(18)25-23(26)21-13-20(21)17-9-11-19(12-10-17)27-15-16-5-2-1-3-6-16/h1-3,5-6,9-12,18,20-22H,4,7-8,13-15,24H2,(H,25,26). The van der Waals surface area contributed by atoms with Crippen LogP contribution < -0.4 is 15.8 Å². The van der Waals surface area contributed by atoms with Crippen LogP contribution in [0.1, 0.15) is 42.7 Å². The molecule has 2 saturated carbocycles. The molecule has 4 rings (SSSR count). The number of benzene rings is 2. The maximum Gasteiger partial charge on any atom is 0.223 e. The van der Waals surface area contributed by atoms with E-state index in [2.05, 4.69) is 29.6 Å². The molecule has 4 atom stereocenters. The fourth-order valence-electron chi connectivity index (χ4n) is 4.20. The molecule has 2 aliphatic rings. The van der Waals surface area contributed by atoms with E-state index in [1.54, 1.807) is 0 Å². The van der Waals surface area contributed by atoms with E-state index in [-0.39, 0.29) is 17.9 Å². The Morgan fingerprint density at radius 1 is 1.07 bits per heavy atom. The molecule has 4 unspecified atom stereocenters. The summed E-state index contributed by atoms with van der Waals surface area (Å²) in [6, 6.07) is 18.6. The maximum atomic E-state index is 12.6. The minimum atomic E-state index is 0.111. The third kappa shape index (κ3) is 4.33. The van der Waals surface area contributed by atoms with Crippen LogP contribution in [-0.2, 0) is 11.4 Å². The van der Waals surface area contributed by atoms with Crippen molar-refractivity contribution in [3.63, 3.8) is 0 Å². The van der Waals surface area contributed by atoms with Crippen molar-refractivity contribution >= 4 is 5.91 Å². The fraction of sp³-hybridized carbons (Fsp3) is 0.435. The summed E-state index contributed by atoms with van der Waals surface area (Å²) >= 11 is 0. The van der Waals surface area contributed by atoms with Gasteiger partial charge in [-0.1, -0.05) is 48.9 Å². The molecule has 0 saturated heterocycles. The average Bonchev–Trinajstić information content (AvgIpc) is 3.40. The van der Waals surface area contributed by atoms with Crippen molar-refractivity contribution in [1.82, 2.24) is 5.32 Å². The molecule has 0 spiro atoms. The van der Waals surface area contributed by atoms with Crippen LogP contribution in [0.3, 0.4) is 0 Å². The highest BCUT2D eigenvalue weighted by Gasteiger charge is 2.45. The Hall–Kier alpha value is -2.33. The molecule has 0 bridgehead atoms. The van der Waals surface area contributed by atoms with Gasteiger partial charge in [0, 0.05) is 12.0 Å². The number of hydrogen-bond donors (Lipinski definition) is 2. The van der Waals surface area contributed by atoms with Gasteiger partial charge < -0.3 is 15.8 Å². The molecular formula is C23H28N2O2. The number of nitrogens with one attached hydrogen (secondary N) is 1. The van der Waals surface area contributed by atoms with E-state index in [0.29, 0.717) is 25.0 Å². The smallest absolute Gasteiger partial charge is 0.223 e. The minimum absolute atomic E-state index is 0.111. The van der Waals surface area contributed by atoms with Crippen LogP contribution in [0.5, 0.6) is 5.75 Å². The second kappa shape index (κ2) is 8.13. The van der Waals surface area contributed by atoms with Gasteiger partial charge in [0.05, 0.1) is 0 Å². The van der Waals surface area contributed by atoms with Gasteiger partial charge in [-0.3, -0.25) is 4.79 Å². The summed E-state index contributed by atoms with van der Waals surface area (Å²) < 4.78 is 5.84. The van der Waals surface area contributed by atoms with Crippen molar-refractivity contribution in [2.45, 2.75) is 44.2 Å². The van der Waals surface area contributed by atoms with Crippen molar-refractivity contribution < 1.29 is 9.53 Å². The molecule has 2 aliphatic carbocycles. The zero-order chi connectivity index (χ0) is 18.6. The van der Waals surface area contributed by atoms with Crippen LogP contribution in [0.4, 0.5) is 0 Å². The number of ether oxygens (including phenoxy) is 1. The van der Waals surface area contributed by atoms with Crippen molar-refractivity contribution in [3.8, 4) is 5.75 Å². The predicted molar refractivity (Wildman–Crippen MR) is 106 cm³/mol. The topological polar surface area (TPSA) is 64.3 Å². The summed E-state index contributed by atoms with van der Waals surface area (Å²) in [5.41, 5.74) is 8.20. The Balaban J connectivity index is 1.28. The Morgan fingerprint density at radius 3 is 2.59 bits per heavy atom. The van der Waals surface area contributed by atoms with Gasteiger partial charge >= 0.3 is 0 Å². The van der Waals surface area contributed by atoms with Gasteiger partial charge in [-0.05, 0) is 60.9 Å². The maximum absolute atomic E-state index is 12.6. The number of hydrogen-bond acceptors (Lipinski definition) is 3. The summed E-state index contributed by atoms with van der Waals surface area (Å²) in [6.45, 7) is 1.24. The molecule has 4 nitrogen and oxygen atoms in total. The zero-order valence-electron chi connectivity index (χ0n) is 15.6. The summed E-state index contributed by atoms with van der Waals surface area (Å²) in [6.07, 6.45) is 4.32. The largest absolute Gasteiger partial charge is 0.489 e. The molecule has 0 aromatic heterocycles. The van der Waals surface area contributed by atoms with Gasteiger partial charge in [0.15, 0.2) is 0 Å². The highest BCUT2D eigenvalue weighted by Crippen LogP contribution is 2.48. The first kappa shape index (κ1) is 18.1. The van der Waals surface area contributed by atoms with Crippen molar-refractivity contribution in [3.05, 3.63) is 65.7 Å². The molecule has 0 aliphatic heterocycles. The lowest BCUT2D eigenvalue weighted by molar-refractivity contribution is -0.123. The van der Waals surface area contributed by atoms with Crippen LogP contribution in [0, 0.1) is 11.8 Å². The van der Waals surface area contributed by atoms with E-state index in [9.17, 15) is 4.79 Å². The fourth-order valence-corrected chi connectivity index (χ4v) is 4.20. The Morgan fingerprint density at radius 2 is 1.85 bits per heavy atom. The summed E-state index contributed by atoms with van der Waals surface area (Å²) in [5, 5.41) is 3.25. The van der Waals surface area contributed by atoms with Crippen molar-refractivity contribution in [2.24, 2.45) is 17.6 Å². The first-order chi connectivity index (χ1) is 13.2. The molecule has 2 aromatic carbocycles. The second-order valence-electron chi connectivity index (χ2n) is 7.83. The van der Waals surface area contributed by atoms with Gasteiger partial charge in [-0.25, -0.2) is 0 Å². The molecular weight excluding hydrogens is 336 g/mol. The zero-order valence-corrected chi connectivity index (χ0v) is 15.6. The van der Waals surface area contributed by atoms with E-state index in [4.69, 9.17) is 10.5 Å². The summed E-state index contributed by atoms with van der Waals surface area (Å²) in [5.74, 6) is 1.97. The van der Waals surface area contributed by atoms with E-state index in [0.717, 1.165) is 30.6 Å². The Labute approximate surface area is 161 Å². The lowest BCUT2D eigenvalue weighted by Gasteiger charge is -2.19. The highest BCUT2D eigenvalue weighted by molar-refractivity contribution is 5.83. The second-order valence-corrected chi connectivity index (χ2v) is 7.83. The molecule has 3 N–H and O–H groups in total. The number of rotatable bonds is 7. The highest BCUT2D eigenvalue weighted by atomic mass is 16.5. The summed E-state index contributed by atoms with van der Waals surface area (Å²) in [7, 11) is 0. The van der Waals surface area contributed by atoms with E-state index in [1.807, 2.05) is 30.3 Å². The third-order valence-corrected chi connectivity index (χ3v) is 5.97. The summed E-state index contributed by atoms with van der Waals surface area (Å²) in [4.78, 5) is 12.6. The van der Waals surface area contributed by atoms with Gasteiger partial charge in [-0.15, -0.1) is 0 Å². The van der Waals surface area contributed by atoms with Gasteiger partial charge in [0.2, 0.25) is 5.91 Å². The van der Waals surface area contributed by atoms with Crippen LogP contribution in [0.25, 0.3) is 0 Å². The van der Waals surface area contributed by atoms with E-state index >= 15 is 0 Å². The van der Waals surface area contributed by atoms with Crippen molar-refractivity contribution in [2.75, 3.05) is 6.54 Å². The molecule has 27 heavy (non-hydrogen) atoms. The minimum Gasteiger partial charge on any atom is -0.489 e. The molecule has 2 aromatic rings. The van der Waals surface area contributed by atoms with Gasteiger partial charge in [-0.2, -0.15) is 0 Å². The Kier molecular flexibility index (Phi) is 5.44. The van der Waals surface area contributed by atoms with Gasteiger partial charge in [0.1, 0.15) is 12.4 Å². The third-order valence-electron chi connectivity index (χ3n) is 5.97. The average molecular weight is 364 g/mol. The number of carbonyl (C=O) groups excluding carboxylic acids is 1. The first-order valence-corrected chi connectivity index (χ1v) is 10.0. The molecule has 0 radical (unpaired) electrons. The van der Waals surface area contributed by atoms with E-state index in [1.165, 1.54) is 12.0 Å².